The van der Waals surface area contributed by atoms with E-state index in [1.54, 1.807) is 7.11 Å². The largest absolute Gasteiger partial charge is 0.496 e. The molecule has 1 heterocycles. The Morgan fingerprint density at radius 1 is 1.27 bits per heavy atom. The van der Waals surface area contributed by atoms with E-state index >= 15 is 0 Å². The third-order valence-corrected chi connectivity index (χ3v) is 4.05. The highest BCUT2D eigenvalue weighted by Gasteiger charge is 2.14. The number of benzene rings is 1. The molecule has 1 amide bonds. The second-order valence-electron chi connectivity index (χ2n) is 5.72. The summed E-state index contributed by atoms with van der Waals surface area (Å²) in [6, 6.07) is 5.70. The molecule has 1 aromatic rings. The van der Waals surface area contributed by atoms with Crippen LogP contribution < -0.4 is 15.4 Å². The van der Waals surface area contributed by atoms with Crippen LogP contribution >= 0.6 is 0 Å². The second-order valence-corrected chi connectivity index (χ2v) is 5.72. The Morgan fingerprint density at radius 2 is 2.05 bits per heavy atom. The molecule has 22 heavy (non-hydrogen) atoms. The van der Waals surface area contributed by atoms with Crippen molar-refractivity contribution >= 4 is 5.91 Å². The minimum absolute atomic E-state index is 0.0649. The highest BCUT2D eigenvalue weighted by Crippen LogP contribution is 2.20. The molecular formula is C17H27N3O2. The zero-order chi connectivity index (χ0) is 15.8. The normalized spacial score (nSPS) is 15.5. The van der Waals surface area contributed by atoms with Gasteiger partial charge in [-0.25, -0.2) is 0 Å². The Hall–Kier alpha value is -1.59. The van der Waals surface area contributed by atoms with E-state index in [-0.39, 0.29) is 5.91 Å². The molecule has 2 N–H and O–H groups in total. The predicted molar refractivity (Wildman–Crippen MR) is 88.4 cm³/mol. The van der Waals surface area contributed by atoms with Gasteiger partial charge in [0.25, 0.3) is 5.91 Å². The molecule has 0 unspecified atom stereocenters. The third-order valence-electron chi connectivity index (χ3n) is 4.05. The van der Waals surface area contributed by atoms with E-state index in [1.165, 1.54) is 19.3 Å². The molecule has 0 bridgehead atoms. The lowest BCUT2D eigenvalue weighted by Gasteiger charge is -2.26. The third kappa shape index (κ3) is 4.71. The SMILES string of the molecule is CNCc1ccc(C(=O)NCCN2CCCCC2)c(OC)c1. The fraction of sp³-hybridized carbons (Fsp3) is 0.588. The average Bonchev–Trinajstić information content (AvgIpc) is 2.56. The number of piperidine rings is 1. The highest BCUT2D eigenvalue weighted by molar-refractivity contribution is 5.97. The van der Waals surface area contributed by atoms with E-state index in [0.717, 1.165) is 31.7 Å². The zero-order valence-electron chi connectivity index (χ0n) is 13.7. The molecule has 0 aromatic heterocycles. The first kappa shape index (κ1) is 16.8. The van der Waals surface area contributed by atoms with Gasteiger partial charge in [-0.05, 0) is 50.7 Å². The maximum absolute atomic E-state index is 12.3. The molecule has 0 saturated carbocycles. The minimum Gasteiger partial charge on any atom is -0.496 e. The van der Waals surface area contributed by atoms with E-state index in [2.05, 4.69) is 15.5 Å². The van der Waals surface area contributed by atoms with Crippen LogP contribution in [0.5, 0.6) is 5.75 Å². The Bertz CT molecular complexity index is 485. The Kier molecular flexibility index (Phi) is 6.68. The molecule has 1 aromatic carbocycles. The fourth-order valence-corrected chi connectivity index (χ4v) is 2.84. The molecular weight excluding hydrogens is 278 g/mol. The van der Waals surface area contributed by atoms with Crippen molar-refractivity contribution in [3.05, 3.63) is 29.3 Å². The number of nitrogens with one attached hydrogen (secondary N) is 2. The molecule has 1 fully saturated rings. The van der Waals surface area contributed by atoms with Gasteiger partial charge in [0, 0.05) is 19.6 Å². The number of carbonyl (C=O) groups excluding carboxylic acids is 1. The molecule has 1 aliphatic heterocycles. The van der Waals surface area contributed by atoms with Gasteiger partial charge in [-0.15, -0.1) is 0 Å². The van der Waals surface area contributed by atoms with Crippen LogP contribution in [0.15, 0.2) is 18.2 Å². The van der Waals surface area contributed by atoms with Crippen LogP contribution in [0.25, 0.3) is 0 Å². The van der Waals surface area contributed by atoms with Crippen LogP contribution in [-0.2, 0) is 6.54 Å². The first-order chi connectivity index (χ1) is 10.7. The first-order valence-corrected chi connectivity index (χ1v) is 8.06. The van der Waals surface area contributed by atoms with Crippen molar-refractivity contribution in [3.63, 3.8) is 0 Å². The Labute approximate surface area is 133 Å². The quantitative estimate of drug-likeness (QED) is 0.804. The molecule has 122 valence electrons. The summed E-state index contributed by atoms with van der Waals surface area (Å²) in [4.78, 5) is 14.7. The Balaban J connectivity index is 1.88. The highest BCUT2D eigenvalue weighted by atomic mass is 16.5. The van der Waals surface area contributed by atoms with Crippen molar-refractivity contribution in [3.8, 4) is 5.75 Å². The Morgan fingerprint density at radius 3 is 2.73 bits per heavy atom. The lowest BCUT2D eigenvalue weighted by molar-refractivity contribution is 0.0943. The van der Waals surface area contributed by atoms with Gasteiger partial charge in [0.2, 0.25) is 0 Å². The molecule has 1 saturated heterocycles. The van der Waals surface area contributed by atoms with E-state index < -0.39 is 0 Å². The summed E-state index contributed by atoms with van der Waals surface area (Å²) in [6.45, 7) is 4.66. The number of ether oxygens (including phenoxy) is 1. The fourth-order valence-electron chi connectivity index (χ4n) is 2.84. The minimum atomic E-state index is -0.0649. The number of carbonyl (C=O) groups is 1. The summed E-state index contributed by atoms with van der Waals surface area (Å²) >= 11 is 0. The second kappa shape index (κ2) is 8.76. The monoisotopic (exact) mass is 305 g/mol. The topological polar surface area (TPSA) is 53.6 Å². The van der Waals surface area contributed by atoms with Crippen LogP contribution in [0, 0.1) is 0 Å². The lowest BCUT2D eigenvalue weighted by atomic mass is 10.1. The average molecular weight is 305 g/mol. The van der Waals surface area contributed by atoms with E-state index in [4.69, 9.17) is 4.74 Å². The number of methoxy groups -OCH3 is 1. The van der Waals surface area contributed by atoms with Gasteiger partial charge in [-0.3, -0.25) is 4.79 Å². The molecule has 0 radical (unpaired) electrons. The van der Waals surface area contributed by atoms with Gasteiger partial charge in [0.1, 0.15) is 5.75 Å². The molecule has 5 heteroatoms. The van der Waals surface area contributed by atoms with Crippen molar-refractivity contribution in [2.45, 2.75) is 25.8 Å². The molecule has 5 nitrogen and oxygen atoms in total. The lowest BCUT2D eigenvalue weighted by Crippen LogP contribution is -2.37. The van der Waals surface area contributed by atoms with E-state index in [9.17, 15) is 4.79 Å². The number of hydrogen-bond donors (Lipinski definition) is 2. The molecule has 0 spiro atoms. The van der Waals surface area contributed by atoms with Crippen molar-refractivity contribution in [2.24, 2.45) is 0 Å². The van der Waals surface area contributed by atoms with Crippen LogP contribution in [-0.4, -0.2) is 51.1 Å². The number of amides is 1. The number of nitrogens with zero attached hydrogens (tertiary/aromatic N) is 1. The van der Waals surface area contributed by atoms with Gasteiger partial charge < -0.3 is 20.3 Å². The number of rotatable bonds is 7. The van der Waals surface area contributed by atoms with E-state index in [0.29, 0.717) is 17.9 Å². The van der Waals surface area contributed by atoms with Gasteiger partial charge in [0.05, 0.1) is 12.7 Å². The molecule has 0 atom stereocenters. The van der Waals surface area contributed by atoms with Gasteiger partial charge in [0.15, 0.2) is 0 Å². The summed E-state index contributed by atoms with van der Waals surface area (Å²) in [7, 11) is 3.50. The molecule has 0 aliphatic carbocycles. The summed E-state index contributed by atoms with van der Waals surface area (Å²) < 4.78 is 5.35. The predicted octanol–water partition coefficient (Wildman–Crippen LogP) is 1.63. The van der Waals surface area contributed by atoms with Crippen LogP contribution in [0.1, 0.15) is 35.2 Å². The van der Waals surface area contributed by atoms with Crippen LogP contribution in [0.2, 0.25) is 0 Å². The summed E-state index contributed by atoms with van der Waals surface area (Å²) in [5.41, 5.74) is 1.70. The molecule has 2 rings (SSSR count). The number of likely N-dealkylation sites (tertiary alicyclic amines) is 1. The van der Waals surface area contributed by atoms with Crippen molar-refractivity contribution in [2.75, 3.05) is 40.3 Å². The van der Waals surface area contributed by atoms with Gasteiger partial charge in [-0.1, -0.05) is 12.5 Å². The van der Waals surface area contributed by atoms with Crippen LogP contribution in [0.4, 0.5) is 0 Å². The summed E-state index contributed by atoms with van der Waals surface area (Å²) in [5, 5.41) is 6.09. The zero-order valence-corrected chi connectivity index (χ0v) is 13.7. The van der Waals surface area contributed by atoms with Crippen molar-refractivity contribution < 1.29 is 9.53 Å². The smallest absolute Gasteiger partial charge is 0.255 e. The first-order valence-electron chi connectivity index (χ1n) is 8.06. The standard InChI is InChI=1S/C17H27N3O2/c1-18-13-14-6-7-15(16(12-14)22-2)17(21)19-8-11-20-9-4-3-5-10-20/h6-7,12,18H,3-5,8-11,13H2,1-2H3,(H,19,21). The van der Waals surface area contributed by atoms with Crippen LogP contribution in [0.3, 0.4) is 0 Å². The maximum Gasteiger partial charge on any atom is 0.255 e. The van der Waals surface area contributed by atoms with Crippen molar-refractivity contribution in [1.82, 2.24) is 15.5 Å². The maximum atomic E-state index is 12.3. The molecule has 1 aliphatic rings. The van der Waals surface area contributed by atoms with Gasteiger partial charge in [-0.2, -0.15) is 0 Å². The van der Waals surface area contributed by atoms with Crippen molar-refractivity contribution in [1.29, 1.82) is 0 Å². The summed E-state index contributed by atoms with van der Waals surface area (Å²) in [5.74, 6) is 0.563. The van der Waals surface area contributed by atoms with Gasteiger partial charge >= 0.3 is 0 Å². The summed E-state index contributed by atoms with van der Waals surface area (Å²) in [6.07, 6.45) is 3.88. The number of hydrogen-bond acceptors (Lipinski definition) is 4. The van der Waals surface area contributed by atoms with E-state index in [1.807, 2.05) is 25.2 Å².